The van der Waals surface area contributed by atoms with Crippen LogP contribution in [0.4, 0.5) is 5.69 Å². The maximum Gasteiger partial charge on any atom is 0.240 e. The molecule has 114 valence electrons. The number of fused-ring (bicyclic) bond motifs is 2. The largest absolute Gasteiger partial charge is 0.326 e. The summed E-state index contributed by atoms with van der Waals surface area (Å²) in [4.78, 5) is 11.2. The van der Waals surface area contributed by atoms with Gasteiger partial charge in [-0.3, -0.25) is 4.79 Å². The molecule has 3 atom stereocenters. The van der Waals surface area contributed by atoms with E-state index >= 15 is 0 Å². The summed E-state index contributed by atoms with van der Waals surface area (Å²) in [5.41, 5.74) is 0.598. The molecule has 2 N–H and O–H groups in total. The van der Waals surface area contributed by atoms with E-state index in [2.05, 4.69) is 10.0 Å². The molecule has 3 rings (SSSR count). The Morgan fingerprint density at radius 2 is 1.86 bits per heavy atom. The number of amides is 1. The van der Waals surface area contributed by atoms with Crippen molar-refractivity contribution < 1.29 is 13.2 Å². The Bertz CT molecular complexity index is 639. The zero-order valence-electron chi connectivity index (χ0n) is 12.0. The second-order valence-corrected chi connectivity index (χ2v) is 7.82. The monoisotopic (exact) mass is 308 g/mol. The Labute approximate surface area is 125 Å². The van der Waals surface area contributed by atoms with Crippen LogP contribution in [0.1, 0.15) is 32.6 Å². The molecule has 0 saturated heterocycles. The van der Waals surface area contributed by atoms with E-state index in [1.165, 1.54) is 25.5 Å². The van der Waals surface area contributed by atoms with Crippen molar-refractivity contribution in [1.82, 2.24) is 4.72 Å². The second-order valence-electron chi connectivity index (χ2n) is 6.11. The minimum atomic E-state index is -3.47. The summed E-state index contributed by atoms with van der Waals surface area (Å²) in [5.74, 6) is 1.03. The maximum atomic E-state index is 12.4. The summed E-state index contributed by atoms with van der Waals surface area (Å²) in [6, 6.07) is 6.36. The van der Waals surface area contributed by atoms with Crippen molar-refractivity contribution in [2.45, 2.75) is 43.5 Å². The number of hydrogen-bond donors (Lipinski definition) is 2. The molecule has 0 heterocycles. The first-order valence-electron chi connectivity index (χ1n) is 7.34. The summed E-state index contributed by atoms with van der Waals surface area (Å²) in [5, 5.41) is 2.62. The molecule has 1 aromatic rings. The third-order valence-corrected chi connectivity index (χ3v) is 6.04. The lowest BCUT2D eigenvalue weighted by Crippen LogP contribution is -2.38. The van der Waals surface area contributed by atoms with Gasteiger partial charge in [0.25, 0.3) is 0 Å². The van der Waals surface area contributed by atoms with Crippen molar-refractivity contribution in [3.8, 4) is 0 Å². The second kappa shape index (κ2) is 5.42. The van der Waals surface area contributed by atoms with Gasteiger partial charge in [-0.05, 0) is 55.4 Å². The van der Waals surface area contributed by atoms with Gasteiger partial charge in [0.2, 0.25) is 15.9 Å². The smallest absolute Gasteiger partial charge is 0.240 e. The molecule has 2 fully saturated rings. The molecule has 6 heteroatoms. The zero-order valence-corrected chi connectivity index (χ0v) is 12.8. The van der Waals surface area contributed by atoms with Gasteiger partial charge >= 0.3 is 0 Å². The summed E-state index contributed by atoms with van der Waals surface area (Å²) in [7, 11) is -3.47. The van der Waals surface area contributed by atoms with E-state index in [1.54, 1.807) is 12.1 Å². The van der Waals surface area contributed by atoms with E-state index in [-0.39, 0.29) is 16.8 Å². The van der Waals surface area contributed by atoms with Crippen LogP contribution in [0.5, 0.6) is 0 Å². The van der Waals surface area contributed by atoms with Crippen LogP contribution >= 0.6 is 0 Å². The molecule has 0 unspecified atom stereocenters. The molecule has 2 bridgehead atoms. The van der Waals surface area contributed by atoms with Crippen LogP contribution in [0.25, 0.3) is 0 Å². The molecule has 0 spiro atoms. The highest BCUT2D eigenvalue weighted by Gasteiger charge is 2.41. The SMILES string of the molecule is CC(=O)Nc1ccc(S(=O)(=O)N[C@H]2C[C@@H]3CC[C@H]2C3)cc1. The molecular formula is C15H20N2O3S. The van der Waals surface area contributed by atoms with E-state index in [0.29, 0.717) is 17.5 Å². The Morgan fingerprint density at radius 1 is 1.14 bits per heavy atom. The number of rotatable bonds is 4. The van der Waals surface area contributed by atoms with Crippen LogP contribution in [0.15, 0.2) is 29.2 Å². The fraction of sp³-hybridized carbons (Fsp3) is 0.533. The van der Waals surface area contributed by atoms with E-state index in [0.717, 1.165) is 19.3 Å². The van der Waals surface area contributed by atoms with Gasteiger partial charge in [0.1, 0.15) is 0 Å². The van der Waals surface area contributed by atoms with Crippen molar-refractivity contribution in [3.05, 3.63) is 24.3 Å². The van der Waals surface area contributed by atoms with Gasteiger partial charge in [0.15, 0.2) is 0 Å². The van der Waals surface area contributed by atoms with Crippen LogP contribution in [0, 0.1) is 11.8 Å². The molecule has 0 radical (unpaired) electrons. The fourth-order valence-electron chi connectivity index (χ4n) is 3.58. The lowest BCUT2D eigenvalue weighted by atomic mass is 9.96. The van der Waals surface area contributed by atoms with Crippen LogP contribution < -0.4 is 10.0 Å². The number of nitrogens with one attached hydrogen (secondary N) is 2. The molecular weight excluding hydrogens is 288 g/mol. The summed E-state index contributed by atoms with van der Waals surface area (Å²) >= 11 is 0. The number of hydrogen-bond acceptors (Lipinski definition) is 3. The Kier molecular flexibility index (Phi) is 3.75. The van der Waals surface area contributed by atoms with Crippen LogP contribution in [-0.2, 0) is 14.8 Å². The van der Waals surface area contributed by atoms with E-state index in [9.17, 15) is 13.2 Å². The molecule has 5 nitrogen and oxygen atoms in total. The van der Waals surface area contributed by atoms with Gasteiger partial charge in [-0.15, -0.1) is 0 Å². The molecule has 0 aromatic heterocycles. The molecule has 1 aromatic carbocycles. The van der Waals surface area contributed by atoms with Gasteiger partial charge in [-0.1, -0.05) is 6.42 Å². The highest BCUT2D eigenvalue weighted by molar-refractivity contribution is 7.89. The highest BCUT2D eigenvalue weighted by Crippen LogP contribution is 2.44. The molecule has 2 aliphatic rings. The predicted molar refractivity (Wildman–Crippen MR) is 80.3 cm³/mol. The Hall–Kier alpha value is -1.40. The van der Waals surface area contributed by atoms with Gasteiger partial charge < -0.3 is 5.32 Å². The average molecular weight is 308 g/mol. The predicted octanol–water partition coefficient (Wildman–Crippen LogP) is 2.11. The summed E-state index contributed by atoms with van der Waals surface area (Å²) in [6.45, 7) is 1.42. The fourth-order valence-corrected chi connectivity index (χ4v) is 4.89. The van der Waals surface area contributed by atoms with Gasteiger partial charge in [-0.2, -0.15) is 0 Å². The number of sulfonamides is 1. The normalized spacial score (nSPS) is 27.8. The molecule has 2 saturated carbocycles. The number of carbonyl (C=O) groups excluding carboxylic acids is 1. The third kappa shape index (κ3) is 3.11. The first kappa shape index (κ1) is 14.5. The van der Waals surface area contributed by atoms with E-state index in [1.807, 2.05) is 0 Å². The lowest BCUT2D eigenvalue weighted by molar-refractivity contribution is -0.114. The van der Waals surface area contributed by atoms with E-state index in [4.69, 9.17) is 0 Å². The van der Waals surface area contributed by atoms with Crippen LogP contribution in [0.3, 0.4) is 0 Å². The quantitative estimate of drug-likeness (QED) is 0.894. The van der Waals surface area contributed by atoms with Crippen LogP contribution in [-0.4, -0.2) is 20.4 Å². The number of anilines is 1. The van der Waals surface area contributed by atoms with Crippen LogP contribution in [0.2, 0.25) is 0 Å². The minimum Gasteiger partial charge on any atom is -0.326 e. The summed E-state index contributed by atoms with van der Waals surface area (Å²) < 4.78 is 27.6. The van der Waals surface area contributed by atoms with Crippen molar-refractivity contribution in [2.75, 3.05) is 5.32 Å². The molecule has 21 heavy (non-hydrogen) atoms. The van der Waals surface area contributed by atoms with Gasteiger partial charge in [0.05, 0.1) is 4.90 Å². The number of carbonyl (C=O) groups is 1. The van der Waals surface area contributed by atoms with Gasteiger partial charge in [0, 0.05) is 18.7 Å². The standard InChI is InChI=1S/C15H20N2O3S/c1-10(18)16-13-4-6-14(7-5-13)21(19,20)17-15-9-11-2-3-12(15)8-11/h4-7,11-12,15,17H,2-3,8-9H2,1H3,(H,16,18)/t11-,12+,15+/m1/s1. The molecule has 1 amide bonds. The number of benzene rings is 1. The minimum absolute atomic E-state index is 0.0868. The first-order valence-corrected chi connectivity index (χ1v) is 8.82. The van der Waals surface area contributed by atoms with Crippen molar-refractivity contribution in [3.63, 3.8) is 0 Å². The Balaban J connectivity index is 1.71. The zero-order chi connectivity index (χ0) is 15.0. The maximum absolute atomic E-state index is 12.4. The topological polar surface area (TPSA) is 75.3 Å². The first-order chi connectivity index (χ1) is 9.94. The molecule has 0 aliphatic heterocycles. The highest BCUT2D eigenvalue weighted by atomic mass is 32.2. The molecule has 2 aliphatic carbocycles. The van der Waals surface area contributed by atoms with Crippen molar-refractivity contribution in [1.29, 1.82) is 0 Å². The lowest BCUT2D eigenvalue weighted by Gasteiger charge is -2.22. The average Bonchev–Trinajstić information content (AvgIpc) is 3.00. The van der Waals surface area contributed by atoms with Crippen molar-refractivity contribution in [2.24, 2.45) is 11.8 Å². The third-order valence-electron chi connectivity index (χ3n) is 4.53. The van der Waals surface area contributed by atoms with Crippen molar-refractivity contribution >= 4 is 21.6 Å². The Morgan fingerprint density at radius 3 is 2.38 bits per heavy atom. The van der Waals surface area contributed by atoms with E-state index < -0.39 is 10.0 Å². The summed E-state index contributed by atoms with van der Waals surface area (Å²) in [6.07, 6.45) is 4.51. The van der Waals surface area contributed by atoms with Gasteiger partial charge in [-0.25, -0.2) is 13.1 Å².